The minimum Gasteiger partial charge on any atom is -0.368 e. The van der Waals surface area contributed by atoms with E-state index in [1.54, 1.807) is 0 Å². The van der Waals surface area contributed by atoms with Crippen LogP contribution in [-0.2, 0) is 20.3 Å². The second kappa shape index (κ2) is 6.14. The molecule has 1 unspecified atom stereocenters. The third-order valence-electron chi connectivity index (χ3n) is 2.95. The Kier molecular flexibility index (Phi) is 4.97. The summed E-state index contributed by atoms with van der Waals surface area (Å²) in [5.41, 5.74) is 0.409. The first-order valence-electron chi connectivity index (χ1n) is 5.83. The van der Waals surface area contributed by atoms with E-state index in [0.717, 1.165) is 0 Å². The molecule has 2 rings (SSSR count). The Bertz CT molecular complexity index is 796. The summed E-state index contributed by atoms with van der Waals surface area (Å²) in [5, 5.41) is 0. The number of ether oxygens (including phenoxy) is 1. The van der Waals surface area contributed by atoms with Crippen molar-refractivity contribution in [1.29, 1.82) is 0 Å². The first kappa shape index (κ1) is 17.8. The molecule has 22 heavy (non-hydrogen) atoms. The Morgan fingerprint density at radius 3 is 2.45 bits per heavy atom. The minimum absolute atomic E-state index is 0.0826. The fourth-order valence-electron chi connectivity index (χ4n) is 1.86. The fourth-order valence-corrected chi connectivity index (χ4v) is 3.54. The van der Waals surface area contributed by atoms with Crippen LogP contribution < -0.4 is 5.44 Å². The van der Waals surface area contributed by atoms with Crippen molar-refractivity contribution in [2.75, 3.05) is 7.11 Å². The highest BCUT2D eigenvalue weighted by molar-refractivity contribution is 9.10. The van der Waals surface area contributed by atoms with Crippen LogP contribution >= 0.6 is 31.1 Å². The number of fused-ring (bicyclic) bond motifs is 1. The number of hydrogen-bond acceptors (Lipinski definition) is 4. The fraction of sp³-hybridized carbons (Fsp3) is 0.300. The summed E-state index contributed by atoms with van der Waals surface area (Å²) >= 11 is 3.25. The smallest absolute Gasteiger partial charge is 0.368 e. The molecule has 0 aliphatic rings. The molecular formula is C10H13BrN2O7P2. The van der Waals surface area contributed by atoms with Crippen molar-refractivity contribution in [1.82, 2.24) is 9.38 Å². The SMILES string of the molecule is COC(Cc1cn2cc(P(=O)(O)O)nc2cc1Br)P(=O)(O)O. The van der Waals surface area contributed by atoms with E-state index in [2.05, 4.69) is 20.9 Å². The lowest BCUT2D eigenvalue weighted by Crippen LogP contribution is -2.15. The lowest BCUT2D eigenvalue weighted by atomic mass is 10.2. The van der Waals surface area contributed by atoms with Gasteiger partial charge in [0.25, 0.3) is 0 Å². The molecular weight excluding hydrogens is 402 g/mol. The number of aromatic nitrogens is 2. The summed E-state index contributed by atoms with van der Waals surface area (Å²) in [4.78, 5) is 40.5. The first-order chi connectivity index (χ1) is 10.0. The van der Waals surface area contributed by atoms with Crippen LogP contribution in [0.4, 0.5) is 0 Å². The highest BCUT2D eigenvalue weighted by atomic mass is 79.9. The predicted octanol–water partition coefficient (Wildman–Crippen LogP) is 0.592. The van der Waals surface area contributed by atoms with Crippen molar-refractivity contribution in [3.05, 3.63) is 28.5 Å². The Morgan fingerprint density at radius 2 is 1.95 bits per heavy atom. The van der Waals surface area contributed by atoms with Crippen molar-refractivity contribution < 1.29 is 33.4 Å². The Hall–Kier alpha value is -0.570. The molecule has 0 bridgehead atoms. The lowest BCUT2D eigenvalue weighted by Gasteiger charge is -2.17. The van der Waals surface area contributed by atoms with Crippen molar-refractivity contribution >= 4 is 42.2 Å². The molecule has 12 heteroatoms. The summed E-state index contributed by atoms with van der Waals surface area (Å²) in [6.07, 6.45) is 2.57. The van der Waals surface area contributed by atoms with Gasteiger partial charge >= 0.3 is 15.2 Å². The second-order valence-electron chi connectivity index (χ2n) is 4.54. The zero-order valence-electron chi connectivity index (χ0n) is 11.2. The molecule has 1 atom stereocenters. The van der Waals surface area contributed by atoms with E-state index in [4.69, 9.17) is 14.5 Å². The van der Waals surface area contributed by atoms with Crippen molar-refractivity contribution in [3.8, 4) is 0 Å². The van der Waals surface area contributed by atoms with Gasteiger partial charge in [0, 0.05) is 30.4 Å². The molecule has 0 saturated heterocycles. The zero-order valence-corrected chi connectivity index (χ0v) is 14.6. The molecule has 2 aromatic heterocycles. The molecule has 0 aliphatic heterocycles. The molecule has 0 radical (unpaired) electrons. The van der Waals surface area contributed by atoms with Gasteiger partial charge in [-0.25, -0.2) is 4.98 Å². The van der Waals surface area contributed by atoms with Gasteiger partial charge in [0.1, 0.15) is 5.65 Å². The van der Waals surface area contributed by atoms with Gasteiger partial charge in [0.2, 0.25) is 0 Å². The van der Waals surface area contributed by atoms with E-state index in [9.17, 15) is 18.9 Å². The van der Waals surface area contributed by atoms with Gasteiger partial charge in [-0.05, 0) is 11.6 Å². The number of nitrogens with zero attached hydrogens (tertiary/aromatic N) is 2. The summed E-state index contributed by atoms with van der Waals surface area (Å²) in [7, 11) is -7.72. The summed E-state index contributed by atoms with van der Waals surface area (Å²) < 4.78 is 29.2. The number of rotatable bonds is 5. The van der Waals surface area contributed by atoms with Gasteiger partial charge in [-0.3, -0.25) is 9.13 Å². The van der Waals surface area contributed by atoms with Crippen molar-refractivity contribution in [2.45, 2.75) is 12.3 Å². The standard InChI is InChI=1S/C10H13BrN2O7P2/c1-20-10(22(17,18)19)2-6-4-13-5-9(21(14,15)16)12-8(13)3-7(6)11/h3-5,10H,2H2,1H3,(H2,14,15,16)(H2,17,18,19). The number of halogens is 1. The molecule has 2 aromatic rings. The Labute approximate surface area is 133 Å². The second-order valence-corrected chi connectivity index (χ2v) is 8.69. The van der Waals surface area contributed by atoms with E-state index in [1.165, 1.54) is 30.0 Å². The van der Waals surface area contributed by atoms with E-state index in [1.807, 2.05) is 0 Å². The lowest BCUT2D eigenvalue weighted by molar-refractivity contribution is 0.136. The van der Waals surface area contributed by atoms with Crippen molar-refractivity contribution in [3.63, 3.8) is 0 Å². The van der Waals surface area contributed by atoms with Crippen LogP contribution in [-0.4, -0.2) is 41.9 Å². The monoisotopic (exact) mass is 414 g/mol. The van der Waals surface area contributed by atoms with E-state index in [0.29, 0.717) is 15.7 Å². The number of imidazole rings is 1. The van der Waals surface area contributed by atoms with Crippen LogP contribution in [0.15, 0.2) is 22.9 Å². The molecule has 0 amide bonds. The van der Waals surface area contributed by atoms with Crippen LogP contribution in [0.3, 0.4) is 0 Å². The summed E-state index contributed by atoms with van der Waals surface area (Å²) in [6.45, 7) is 0. The summed E-state index contributed by atoms with van der Waals surface area (Å²) in [5.74, 6) is -1.31. The van der Waals surface area contributed by atoms with E-state index in [-0.39, 0.29) is 11.9 Å². The normalized spacial score (nSPS) is 14.5. The first-order valence-corrected chi connectivity index (χ1v) is 9.92. The molecule has 122 valence electrons. The van der Waals surface area contributed by atoms with Gasteiger partial charge in [0.05, 0.1) is 0 Å². The quantitative estimate of drug-likeness (QED) is 0.520. The van der Waals surface area contributed by atoms with Crippen LogP contribution in [0.25, 0.3) is 5.65 Å². The molecule has 0 aliphatic carbocycles. The molecule has 0 saturated carbocycles. The molecule has 9 nitrogen and oxygen atoms in total. The minimum atomic E-state index is -4.48. The largest absolute Gasteiger partial charge is 0.376 e. The van der Waals surface area contributed by atoms with Crippen molar-refractivity contribution in [2.24, 2.45) is 0 Å². The molecule has 0 spiro atoms. The van der Waals surface area contributed by atoms with Gasteiger partial charge in [-0.2, -0.15) is 0 Å². The van der Waals surface area contributed by atoms with Crippen LogP contribution in [0.5, 0.6) is 0 Å². The highest BCUT2D eigenvalue weighted by Gasteiger charge is 2.30. The molecule has 2 heterocycles. The average Bonchev–Trinajstić information content (AvgIpc) is 2.76. The van der Waals surface area contributed by atoms with E-state index >= 15 is 0 Å². The molecule has 0 aromatic carbocycles. The number of pyridine rings is 1. The maximum atomic E-state index is 11.3. The van der Waals surface area contributed by atoms with Gasteiger partial charge in [-0.15, -0.1) is 0 Å². The maximum absolute atomic E-state index is 11.3. The third-order valence-corrected chi connectivity index (χ3v) is 5.64. The van der Waals surface area contributed by atoms with Crippen LogP contribution in [0, 0.1) is 0 Å². The summed E-state index contributed by atoms with van der Waals surface area (Å²) in [6, 6.07) is 1.50. The topological polar surface area (TPSA) is 142 Å². The zero-order chi connectivity index (χ0) is 16.7. The third kappa shape index (κ3) is 3.84. The molecule has 4 N–H and O–H groups in total. The van der Waals surface area contributed by atoms with Gasteiger partial charge in [0.15, 0.2) is 11.3 Å². The van der Waals surface area contributed by atoms with E-state index < -0.39 is 21.0 Å². The highest BCUT2D eigenvalue weighted by Crippen LogP contribution is 2.43. The molecule has 0 fully saturated rings. The Balaban J connectivity index is 2.45. The van der Waals surface area contributed by atoms with Gasteiger partial charge < -0.3 is 28.7 Å². The predicted molar refractivity (Wildman–Crippen MR) is 81.1 cm³/mol. The number of methoxy groups -OCH3 is 1. The van der Waals surface area contributed by atoms with Crippen LogP contribution in [0.1, 0.15) is 5.56 Å². The maximum Gasteiger partial charge on any atom is 0.376 e. The number of hydrogen-bond donors (Lipinski definition) is 4. The van der Waals surface area contributed by atoms with Crippen LogP contribution in [0.2, 0.25) is 0 Å². The Morgan fingerprint density at radius 1 is 1.32 bits per heavy atom. The van der Waals surface area contributed by atoms with Gasteiger partial charge in [-0.1, -0.05) is 15.9 Å². The average molecular weight is 415 g/mol.